The normalized spacial score (nSPS) is 20.3. The molecule has 18 heavy (non-hydrogen) atoms. The highest BCUT2D eigenvalue weighted by Crippen LogP contribution is 2.26. The fraction of sp³-hybridized carbons (Fsp3) is 0.385. The number of aromatic nitrogens is 2. The number of halogens is 1. The van der Waals surface area contributed by atoms with Crippen LogP contribution in [0.3, 0.4) is 0 Å². The molecule has 5 heteroatoms. The van der Waals surface area contributed by atoms with Crippen LogP contribution in [0.4, 0.5) is 5.82 Å². The van der Waals surface area contributed by atoms with Crippen LogP contribution in [0.25, 0.3) is 10.9 Å². The van der Waals surface area contributed by atoms with E-state index in [-0.39, 0.29) is 0 Å². The average molecular weight is 263 g/mol. The molecule has 1 aromatic heterocycles. The lowest BCUT2D eigenvalue weighted by atomic mass is 10.2. The van der Waals surface area contributed by atoms with Gasteiger partial charge in [-0.3, -0.25) is 0 Å². The summed E-state index contributed by atoms with van der Waals surface area (Å²) < 4.78 is 0. The summed E-state index contributed by atoms with van der Waals surface area (Å²) in [6, 6.07) is 6.22. The van der Waals surface area contributed by atoms with E-state index in [1.54, 1.807) is 6.33 Å². The number of hydrogen-bond donors (Lipinski definition) is 1. The third kappa shape index (κ3) is 2.13. The Labute approximate surface area is 111 Å². The van der Waals surface area contributed by atoms with Crippen LogP contribution >= 0.6 is 11.6 Å². The van der Waals surface area contributed by atoms with Crippen LogP contribution in [-0.2, 0) is 0 Å². The lowest BCUT2D eigenvalue weighted by Gasteiger charge is -2.33. The molecule has 1 aliphatic heterocycles. The van der Waals surface area contributed by atoms with Gasteiger partial charge >= 0.3 is 0 Å². The Bertz CT molecular complexity index is 572. The molecule has 1 saturated heterocycles. The fourth-order valence-electron chi connectivity index (χ4n) is 2.39. The summed E-state index contributed by atoms with van der Waals surface area (Å²) in [7, 11) is 0. The molecule has 1 N–H and O–H groups in total. The van der Waals surface area contributed by atoms with E-state index < -0.39 is 0 Å². The number of anilines is 1. The Kier molecular flexibility index (Phi) is 3.06. The number of hydrogen-bond acceptors (Lipinski definition) is 4. The third-order valence-corrected chi connectivity index (χ3v) is 3.48. The zero-order chi connectivity index (χ0) is 12.5. The van der Waals surface area contributed by atoms with Gasteiger partial charge in [0.05, 0.1) is 5.52 Å². The maximum Gasteiger partial charge on any atom is 0.140 e. The van der Waals surface area contributed by atoms with Gasteiger partial charge in [0, 0.05) is 36.1 Å². The lowest BCUT2D eigenvalue weighted by molar-refractivity contribution is 0.483. The zero-order valence-corrected chi connectivity index (χ0v) is 11.0. The molecule has 2 heterocycles. The summed E-state index contributed by atoms with van der Waals surface area (Å²) in [6.07, 6.45) is 1.62. The van der Waals surface area contributed by atoms with Crippen molar-refractivity contribution in [3.8, 4) is 0 Å². The number of nitrogens with zero attached hydrogens (tertiary/aromatic N) is 3. The van der Waals surface area contributed by atoms with Crippen LogP contribution < -0.4 is 10.2 Å². The molecule has 0 aliphatic carbocycles. The molecule has 0 bridgehead atoms. The molecule has 0 radical (unpaired) electrons. The number of benzene rings is 1. The van der Waals surface area contributed by atoms with Crippen LogP contribution in [0.2, 0.25) is 5.02 Å². The quantitative estimate of drug-likeness (QED) is 0.854. The van der Waals surface area contributed by atoms with Gasteiger partial charge in [-0.2, -0.15) is 0 Å². The molecule has 2 aromatic rings. The maximum atomic E-state index is 6.07. The van der Waals surface area contributed by atoms with E-state index >= 15 is 0 Å². The topological polar surface area (TPSA) is 41.1 Å². The SMILES string of the molecule is CC1CN(c2ncnc3ccc(Cl)cc23)CCN1. The first-order valence-electron chi connectivity index (χ1n) is 6.12. The standard InChI is InChI=1S/C13H15ClN4/c1-9-7-18(5-4-15-9)13-11-6-10(14)2-3-12(11)16-8-17-13/h2-3,6,8-9,15H,4-5,7H2,1H3. The maximum absolute atomic E-state index is 6.07. The summed E-state index contributed by atoms with van der Waals surface area (Å²) in [5.41, 5.74) is 0.940. The van der Waals surface area contributed by atoms with E-state index in [9.17, 15) is 0 Å². The average Bonchev–Trinajstić information content (AvgIpc) is 2.38. The summed E-state index contributed by atoms with van der Waals surface area (Å²) in [6.45, 7) is 5.08. The van der Waals surface area contributed by atoms with Gasteiger partial charge in [-0.25, -0.2) is 9.97 Å². The van der Waals surface area contributed by atoms with Crippen LogP contribution in [0, 0.1) is 0 Å². The number of rotatable bonds is 1. The largest absolute Gasteiger partial charge is 0.353 e. The number of nitrogens with one attached hydrogen (secondary N) is 1. The van der Waals surface area contributed by atoms with Crippen molar-refractivity contribution in [1.82, 2.24) is 15.3 Å². The third-order valence-electron chi connectivity index (χ3n) is 3.24. The molecule has 1 fully saturated rings. The second kappa shape index (κ2) is 4.71. The molecule has 1 aliphatic rings. The summed E-state index contributed by atoms with van der Waals surface area (Å²) in [4.78, 5) is 11.0. The highest BCUT2D eigenvalue weighted by atomic mass is 35.5. The first kappa shape index (κ1) is 11.7. The Morgan fingerprint density at radius 2 is 2.28 bits per heavy atom. The minimum absolute atomic E-state index is 0.475. The van der Waals surface area contributed by atoms with Crippen molar-refractivity contribution in [3.05, 3.63) is 29.5 Å². The van der Waals surface area contributed by atoms with Crippen LogP contribution in [0.15, 0.2) is 24.5 Å². The second-order valence-electron chi connectivity index (χ2n) is 4.66. The Hall–Kier alpha value is -1.39. The number of piperazine rings is 1. The summed E-state index contributed by atoms with van der Waals surface area (Å²) in [5.74, 6) is 0.982. The molecule has 1 atom stereocenters. The van der Waals surface area contributed by atoms with E-state index in [2.05, 4.69) is 27.1 Å². The van der Waals surface area contributed by atoms with E-state index in [1.807, 2.05) is 18.2 Å². The Morgan fingerprint density at radius 3 is 3.11 bits per heavy atom. The van der Waals surface area contributed by atoms with Crippen LogP contribution in [-0.4, -0.2) is 35.6 Å². The first-order chi connectivity index (χ1) is 8.74. The first-order valence-corrected chi connectivity index (χ1v) is 6.50. The Morgan fingerprint density at radius 1 is 1.39 bits per heavy atom. The second-order valence-corrected chi connectivity index (χ2v) is 5.10. The minimum atomic E-state index is 0.475. The van der Waals surface area contributed by atoms with Gasteiger partial charge in [-0.05, 0) is 25.1 Å². The van der Waals surface area contributed by atoms with Gasteiger partial charge in [0.25, 0.3) is 0 Å². The van der Waals surface area contributed by atoms with Crippen molar-refractivity contribution in [2.24, 2.45) is 0 Å². The van der Waals surface area contributed by atoms with Crippen molar-refractivity contribution < 1.29 is 0 Å². The zero-order valence-electron chi connectivity index (χ0n) is 10.2. The summed E-state index contributed by atoms with van der Waals surface area (Å²) in [5, 5.41) is 5.18. The van der Waals surface area contributed by atoms with Gasteiger partial charge in [0.1, 0.15) is 12.1 Å². The van der Waals surface area contributed by atoms with Gasteiger partial charge in [-0.1, -0.05) is 11.6 Å². The summed E-state index contributed by atoms with van der Waals surface area (Å²) >= 11 is 6.07. The molecule has 1 unspecified atom stereocenters. The predicted octanol–water partition coefficient (Wildman–Crippen LogP) is 2.08. The van der Waals surface area contributed by atoms with Gasteiger partial charge in [0.2, 0.25) is 0 Å². The highest BCUT2D eigenvalue weighted by Gasteiger charge is 2.19. The molecular weight excluding hydrogens is 248 g/mol. The van der Waals surface area contributed by atoms with Crippen molar-refractivity contribution in [3.63, 3.8) is 0 Å². The molecule has 1 aromatic carbocycles. The van der Waals surface area contributed by atoms with E-state index in [1.165, 1.54) is 0 Å². The van der Waals surface area contributed by atoms with Gasteiger partial charge in [0.15, 0.2) is 0 Å². The monoisotopic (exact) mass is 262 g/mol. The number of fused-ring (bicyclic) bond motifs is 1. The lowest BCUT2D eigenvalue weighted by Crippen LogP contribution is -2.49. The smallest absolute Gasteiger partial charge is 0.140 e. The van der Waals surface area contributed by atoms with Gasteiger partial charge < -0.3 is 10.2 Å². The van der Waals surface area contributed by atoms with Crippen molar-refractivity contribution in [1.29, 1.82) is 0 Å². The molecule has 3 rings (SSSR count). The molecule has 0 saturated carbocycles. The van der Waals surface area contributed by atoms with E-state index in [0.29, 0.717) is 6.04 Å². The van der Waals surface area contributed by atoms with Crippen molar-refractivity contribution in [2.75, 3.05) is 24.5 Å². The van der Waals surface area contributed by atoms with Crippen LogP contribution in [0.1, 0.15) is 6.92 Å². The molecule has 0 spiro atoms. The predicted molar refractivity (Wildman–Crippen MR) is 74.2 cm³/mol. The molecule has 0 amide bonds. The van der Waals surface area contributed by atoms with Crippen molar-refractivity contribution >= 4 is 28.3 Å². The molecular formula is C13H15ClN4. The minimum Gasteiger partial charge on any atom is -0.353 e. The van der Waals surface area contributed by atoms with Crippen molar-refractivity contribution in [2.45, 2.75) is 13.0 Å². The van der Waals surface area contributed by atoms with Gasteiger partial charge in [-0.15, -0.1) is 0 Å². The molecule has 4 nitrogen and oxygen atoms in total. The Balaban J connectivity index is 2.07. The van der Waals surface area contributed by atoms with E-state index in [4.69, 9.17) is 11.6 Å². The van der Waals surface area contributed by atoms with Crippen LogP contribution in [0.5, 0.6) is 0 Å². The van der Waals surface area contributed by atoms with E-state index in [0.717, 1.165) is 41.4 Å². The molecule has 94 valence electrons. The highest BCUT2D eigenvalue weighted by molar-refractivity contribution is 6.31. The fourth-order valence-corrected chi connectivity index (χ4v) is 2.56.